The predicted molar refractivity (Wildman–Crippen MR) is 101 cm³/mol. The van der Waals surface area contributed by atoms with Gasteiger partial charge in [0.25, 0.3) is 0 Å². The molecule has 2 aromatic rings. The predicted octanol–water partition coefficient (Wildman–Crippen LogP) is 4.83. The Morgan fingerprint density at radius 3 is 2.54 bits per heavy atom. The van der Waals surface area contributed by atoms with E-state index < -0.39 is 17.7 Å². The molecule has 0 saturated carbocycles. The second-order valence-electron chi connectivity index (χ2n) is 6.83. The van der Waals surface area contributed by atoms with Gasteiger partial charge in [-0.1, -0.05) is 35.4 Å². The van der Waals surface area contributed by atoms with Gasteiger partial charge in [0.2, 0.25) is 0 Å². The normalized spacial score (nSPS) is 15.9. The fraction of sp³-hybridized carbons (Fsp3) is 0.263. The van der Waals surface area contributed by atoms with Crippen LogP contribution in [-0.2, 0) is 4.84 Å². The minimum atomic E-state index is -0.719. The topological polar surface area (TPSA) is 61.9 Å². The lowest BCUT2D eigenvalue weighted by Gasteiger charge is -2.26. The number of hydrogen-bond donors (Lipinski definition) is 1. The van der Waals surface area contributed by atoms with Gasteiger partial charge in [-0.2, -0.15) is 0 Å². The van der Waals surface area contributed by atoms with E-state index in [1.54, 1.807) is 36.4 Å². The summed E-state index contributed by atoms with van der Waals surface area (Å²) in [5, 5.41) is 4.25. The second kappa shape index (κ2) is 6.88. The third-order valence-electron chi connectivity index (χ3n) is 4.09. The second-order valence-corrected chi connectivity index (χ2v) is 7.26. The number of aryl methyl sites for hydroxylation is 1. The van der Waals surface area contributed by atoms with Gasteiger partial charge in [0.15, 0.2) is 0 Å². The lowest BCUT2D eigenvalue weighted by Crippen LogP contribution is -2.44. The Balaban J connectivity index is 1.73. The van der Waals surface area contributed by atoms with E-state index in [9.17, 15) is 9.59 Å². The number of nitrogens with zero attached hydrogens (tertiary/aromatic N) is 2. The van der Waals surface area contributed by atoms with E-state index in [1.807, 2.05) is 32.9 Å². The van der Waals surface area contributed by atoms with Crippen molar-refractivity contribution in [3.05, 3.63) is 59.1 Å². The number of urea groups is 1. The van der Waals surface area contributed by atoms with Crippen LogP contribution >= 0.6 is 11.6 Å². The van der Waals surface area contributed by atoms with E-state index in [2.05, 4.69) is 5.32 Å². The number of benzene rings is 2. The fourth-order valence-electron chi connectivity index (χ4n) is 2.76. The van der Waals surface area contributed by atoms with Crippen molar-refractivity contribution in [1.82, 2.24) is 5.06 Å². The van der Waals surface area contributed by atoms with Crippen LogP contribution in [0, 0.1) is 6.92 Å². The molecule has 0 radical (unpaired) electrons. The van der Waals surface area contributed by atoms with Crippen LogP contribution in [0.5, 0.6) is 0 Å². The van der Waals surface area contributed by atoms with E-state index >= 15 is 0 Å². The average molecular weight is 374 g/mol. The first kappa shape index (κ1) is 18.1. The number of rotatable bonds is 3. The van der Waals surface area contributed by atoms with Crippen LogP contribution in [0.2, 0.25) is 5.02 Å². The van der Waals surface area contributed by atoms with E-state index in [1.165, 1.54) is 4.90 Å². The van der Waals surface area contributed by atoms with Gasteiger partial charge < -0.3 is 4.84 Å². The minimum Gasteiger partial charge on any atom is -0.316 e. The number of halogens is 1. The van der Waals surface area contributed by atoms with Crippen LogP contribution < -0.4 is 10.2 Å². The highest BCUT2D eigenvalue weighted by molar-refractivity contribution is 6.30. The molecule has 136 valence electrons. The summed E-state index contributed by atoms with van der Waals surface area (Å²) >= 11 is 6.02. The van der Waals surface area contributed by atoms with Crippen LogP contribution in [0.4, 0.5) is 21.0 Å². The van der Waals surface area contributed by atoms with E-state index in [4.69, 9.17) is 16.4 Å². The van der Waals surface area contributed by atoms with Gasteiger partial charge in [0.1, 0.15) is 0 Å². The number of carbonyl (C=O) groups is 2. The summed E-state index contributed by atoms with van der Waals surface area (Å²) in [4.78, 5) is 31.8. The quantitative estimate of drug-likeness (QED) is 0.837. The summed E-state index contributed by atoms with van der Waals surface area (Å²) in [5.74, 6) is 0. The highest BCUT2D eigenvalue weighted by Crippen LogP contribution is 2.32. The van der Waals surface area contributed by atoms with Gasteiger partial charge in [0, 0.05) is 16.4 Å². The maximum absolute atomic E-state index is 12.8. The first-order valence-electron chi connectivity index (χ1n) is 8.19. The minimum absolute atomic E-state index is 0.365. The van der Waals surface area contributed by atoms with Crippen molar-refractivity contribution in [2.45, 2.75) is 26.3 Å². The van der Waals surface area contributed by atoms with Crippen molar-refractivity contribution in [2.24, 2.45) is 0 Å². The lowest BCUT2D eigenvalue weighted by molar-refractivity contribution is -0.0932. The smallest absolute Gasteiger partial charge is 0.316 e. The third kappa shape index (κ3) is 3.75. The summed E-state index contributed by atoms with van der Waals surface area (Å²) in [6.07, 6.45) is -0.719. The fourth-order valence-corrected chi connectivity index (χ4v) is 2.94. The van der Waals surface area contributed by atoms with Crippen LogP contribution in [0.3, 0.4) is 0 Å². The highest BCUT2D eigenvalue weighted by atomic mass is 35.5. The van der Waals surface area contributed by atoms with Gasteiger partial charge in [-0.3, -0.25) is 10.2 Å². The Morgan fingerprint density at radius 2 is 1.88 bits per heavy atom. The summed E-state index contributed by atoms with van der Waals surface area (Å²) in [7, 11) is 0. The zero-order chi connectivity index (χ0) is 18.9. The summed E-state index contributed by atoms with van der Waals surface area (Å²) in [6.45, 7) is 5.98. The van der Waals surface area contributed by atoms with Gasteiger partial charge in [-0.05, 0) is 51.1 Å². The molecule has 0 bridgehead atoms. The molecule has 2 aromatic carbocycles. The lowest BCUT2D eigenvalue weighted by atomic mass is 10.1. The molecule has 3 amide bonds. The van der Waals surface area contributed by atoms with E-state index in [0.29, 0.717) is 22.9 Å². The third-order valence-corrected chi connectivity index (χ3v) is 4.33. The number of nitrogens with one attached hydrogen (secondary N) is 1. The van der Waals surface area contributed by atoms with Crippen LogP contribution in [0.1, 0.15) is 19.4 Å². The van der Waals surface area contributed by atoms with E-state index in [0.717, 1.165) is 10.6 Å². The first-order valence-corrected chi connectivity index (χ1v) is 8.57. The molecule has 0 aromatic heterocycles. The van der Waals surface area contributed by atoms with Crippen LogP contribution in [-0.4, -0.2) is 29.3 Å². The zero-order valence-corrected chi connectivity index (χ0v) is 15.6. The van der Waals surface area contributed by atoms with Gasteiger partial charge in [-0.25, -0.2) is 9.59 Å². The van der Waals surface area contributed by atoms with Crippen molar-refractivity contribution in [1.29, 1.82) is 0 Å². The monoisotopic (exact) mass is 373 g/mol. The van der Waals surface area contributed by atoms with Crippen molar-refractivity contribution in [2.75, 3.05) is 16.8 Å². The Morgan fingerprint density at radius 1 is 1.19 bits per heavy atom. The molecule has 3 rings (SSSR count). The Bertz CT molecular complexity index is 836. The maximum Gasteiger partial charge on any atom is 0.436 e. The molecule has 0 unspecified atom stereocenters. The zero-order valence-electron chi connectivity index (χ0n) is 14.8. The van der Waals surface area contributed by atoms with Crippen molar-refractivity contribution in [3.8, 4) is 0 Å². The van der Waals surface area contributed by atoms with Crippen molar-refractivity contribution < 1.29 is 14.4 Å². The maximum atomic E-state index is 12.8. The number of carbonyl (C=O) groups excluding carboxylic acids is 2. The van der Waals surface area contributed by atoms with Crippen molar-refractivity contribution >= 4 is 35.1 Å². The Hall–Kier alpha value is -2.73. The largest absolute Gasteiger partial charge is 0.436 e. The SMILES string of the molecule is Cc1ccc(NC(=O)ON2C(=O)N(c3cccc(Cl)c3)CC2(C)C)cc1. The molecule has 7 heteroatoms. The molecule has 1 fully saturated rings. The molecule has 1 saturated heterocycles. The van der Waals surface area contributed by atoms with Crippen LogP contribution in [0.25, 0.3) is 0 Å². The average Bonchev–Trinajstić information content (AvgIpc) is 2.80. The van der Waals surface area contributed by atoms with Crippen LogP contribution in [0.15, 0.2) is 48.5 Å². The molecule has 1 aliphatic rings. The Kier molecular flexibility index (Phi) is 4.78. The van der Waals surface area contributed by atoms with E-state index in [-0.39, 0.29) is 0 Å². The molecule has 6 nitrogen and oxygen atoms in total. The number of hydrogen-bond acceptors (Lipinski definition) is 3. The number of anilines is 2. The van der Waals surface area contributed by atoms with Gasteiger partial charge in [0.05, 0.1) is 12.1 Å². The molecule has 26 heavy (non-hydrogen) atoms. The van der Waals surface area contributed by atoms with Crippen molar-refractivity contribution in [3.63, 3.8) is 0 Å². The number of amides is 3. The molecule has 1 heterocycles. The molecule has 0 atom stereocenters. The molecule has 1 N–H and O–H groups in total. The highest BCUT2D eigenvalue weighted by Gasteiger charge is 2.47. The number of hydroxylamine groups is 2. The molecular formula is C19H20ClN3O3. The van der Waals surface area contributed by atoms with Gasteiger partial charge >= 0.3 is 12.1 Å². The standard InChI is InChI=1S/C19H20ClN3O3/c1-13-7-9-15(10-8-13)21-17(24)26-23-18(25)22(12-19(23,2)3)16-6-4-5-14(20)11-16/h4-11H,12H2,1-3H3,(H,21,24). The summed E-state index contributed by atoms with van der Waals surface area (Å²) < 4.78 is 0. The Labute approximate surface area is 157 Å². The molecule has 0 aliphatic carbocycles. The van der Waals surface area contributed by atoms with Gasteiger partial charge in [-0.15, -0.1) is 5.06 Å². The first-order chi connectivity index (χ1) is 12.3. The molecule has 1 aliphatic heterocycles. The molecule has 0 spiro atoms. The molecular weight excluding hydrogens is 354 g/mol. The summed E-state index contributed by atoms with van der Waals surface area (Å²) in [6, 6.07) is 13.9. The summed E-state index contributed by atoms with van der Waals surface area (Å²) in [5.41, 5.74) is 1.64.